The van der Waals surface area contributed by atoms with Gasteiger partial charge in [0.05, 0.1) is 5.56 Å². The highest BCUT2D eigenvalue weighted by molar-refractivity contribution is 5.94. The first-order valence-electron chi connectivity index (χ1n) is 6.94. The van der Waals surface area contributed by atoms with Crippen molar-refractivity contribution in [1.29, 1.82) is 0 Å². The predicted octanol–water partition coefficient (Wildman–Crippen LogP) is 1.60. The molecule has 6 heteroatoms. The van der Waals surface area contributed by atoms with Crippen LogP contribution in [-0.4, -0.2) is 47.6 Å². The van der Waals surface area contributed by atoms with E-state index in [4.69, 9.17) is 4.74 Å². The molecule has 0 aliphatic carbocycles. The summed E-state index contributed by atoms with van der Waals surface area (Å²) in [6, 6.07) is 3.53. The van der Waals surface area contributed by atoms with Crippen LogP contribution in [0.3, 0.4) is 0 Å². The average molecular weight is 289 g/mol. The smallest absolute Gasteiger partial charge is 0.410 e. The Morgan fingerprint density at radius 1 is 1.48 bits per heavy atom. The Hall–Kier alpha value is -2.37. The Morgan fingerprint density at radius 3 is 2.86 bits per heavy atom. The number of rotatable bonds is 4. The molecule has 0 aromatic carbocycles. The summed E-state index contributed by atoms with van der Waals surface area (Å²) in [6.07, 6.45) is 5.82. The van der Waals surface area contributed by atoms with E-state index in [1.165, 1.54) is 6.20 Å². The van der Waals surface area contributed by atoms with Gasteiger partial charge in [0, 0.05) is 31.5 Å². The largest absolute Gasteiger partial charge is 0.445 e. The minimum absolute atomic E-state index is 0.0705. The number of piperidine rings is 1. The Kier molecular flexibility index (Phi) is 5.31. The molecule has 1 aliphatic heterocycles. The van der Waals surface area contributed by atoms with Gasteiger partial charge in [0.2, 0.25) is 0 Å². The summed E-state index contributed by atoms with van der Waals surface area (Å²) in [5.74, 6) is -0.129. The Labute approximate surface area is 123 Å². The molecule has 0 bridgehead atoms. The second-order valence-electron chi connectivity index (χ2n) is 4.84. The summed E-state index contributed by atoms with van der Waals surface area (Å²) in [4.78, 5) is 29.2. The average Bonchev–Trinajstić information content (AvgIpc) is 2.54. The van der Waals surface area contributed by atoms with Crippen molar-refractivity contribution in [3.05, 3.63) is 42.7 Å². The van der Waals surface area contributed by atoms with Gasteiger partial charge in [-0.2, -0.15) is 0 Å². The maximum atomic E-state index is 12.0. The van der Waals surface area contributed by atoms with Gasteiger partial charge in [-0.15, -0.1) is 0 Å². The molecule has 2 heterocycles. The molecule has 1 saturated heterocycles. The molecule has 1 aromatic heterocycles. The molecule has 21 heavy (non-hydrogen) atoms. The third-order valence-electron chi connectivity index (χ3n) is 3.34. The van der Waals surface area contributed by atoms with Crippen LogP contribution in [0.2, 0.25) is 0 Å². The van der Waals surface area contributed by atoms with Gasteiger partial charge in [0.1, 0.15) is 6.61 Å². The molecule has 0 saturated carbocycles. The van der Waals surface area contributed by atoms with Crippen LogP contribution in [0.15, 0.2) is 37.2 Å². The van der Waals surface area contributed by atoms with Crippen molar-refractivity contribution >= 4 is 12.0 Å². The van der Waals surface area contributed by atoms with Crippen molar-refractivity contribution in [2.24, 2.45) is 0 Å². The van der Waals surface area contributed by atoms with Crippen molar-refractivity contribution < 1.29 is 14.3 Å². The van der Waals surface area contributed by atoms with Gasteiger partial charge in [-0.05, 0) is 25.0 Å². The maximum Gasteiger partial charge on any atom is 0.410 e. The zero-order chi connectivity index (χ0) is 15.1. The number of carbonyl (C=O) groups excluding carboxylic acids is 2. The van der Waals surface area contributed by atoms with Crippen molar-refractivity contribution in [3.8, 4) is 0 Å². The predicted molar refractivity (Wildman–Crippen MR) is 77.8 cm³/mol. The van der Waals surface area contributed by atoms with Gasteiger partial charge in [-0.25, -0.2) is 4.79 Å². The van der Waals surface area contributed by atoms with Crippen LogP contribution in [0, 0.1) is 0 Å². The molecule has 6 nitrogen and oxygen atoms in total. The summed E-state index contributed by atoms with van der Waals surface area (Å²) < 4.78 is 4.99. The highest BCUT2D eigenvalue weighted by Crippen LogP contribution is 2.12. The fourth-order valence-corrected chi connectivity index (χ4v) is 2.19. The molecule has 0 unspecified atom stereocenters. The first-order chi connectivity index (χ1) is 10.2. The number of pyridine rings is 1. The van der Waals surface area contributed by atoms with Crippen LogP contribution in [0.25, 0.3) is 0 Å². The number of aromatic nitrogens is 1. The fraction of sp³-hybridized carbons (Fsp3) is 0.400. The van der Waals surface area contributed by atoms with E-state index in [0.717, 1.165) is 12.8 Å². The maximum absolute atomic E-state index is 12.0. The molecule has 2 rings (SSSR count). The van der Waals surface area contributed by atoms with Crippen molar-refractivity contribution in [2.75, 3.05) is 19.7 Å². The number of amides is 2. The normalized spacial score (nSPS) is 15.3. The van der Waals surface area contributed by atoms with E-state index in [1.807, 2.05) is 0 Å². The van der Waals surface area contributed by atoms with Crippen molar-refractivity contribution in [2.45, 2.75) is 18.9 Å². The molecule has 1 N–H and O–H groups in total. The number of ether oxygens (including phenoxy) is 1. The van der Waals surface area contributed by atoms with E-state index >= 15 is 0 Å². The summed E-state index contributed by atoms with van der Waals surface area (Å²) >= 11 is 0. The molecule has 1 fully saturated rings. The van der Waals surface area contributed by atoms with Gasteiger partial charge in [0.25, 0.3) is 5.91 Å². The minimum atomic E-state index is -0.327. The number of carbonyl (C=O) groups is 2. The third kappa shape index (κ3) is 4.30. The van der Waals surface area contributed by atoms with Crippen LogP contribution in [0.1, 0.15) is 23.2 Å². The lowest BCUT2D eigenvalue weighted by molar-refractivity contribution is 0.0874. The molecular weight excluding hydrogens is 270 g/mol. The van der Waals surface area contributed by atoms with Gasteiger partial charge >= 0.3 is 6.09 Å². The minimum Gasteiger partial charge on any atom is -0.445 e. The molecule has 1 aromatic rings. The third-order valence-corrected chi connectivity index (χ3v) is 3.34. The number of nitrogens with zero attached hydrogens (tertiary/aromatic N) is 2. The SMILES string of the molecule is C=CCOC(=O)N1CCC(NC(=O)c2cccnc2)CC1. The van der Waals surface area contributed by atoms with Gasteiger partial charge in [0.15, 0.2) is 0 Å². The molecule has 0 radical (unpaired) electrons. The number of hydrogen-bond acceptors (Lipinski definition) is 4. The monoisotopic (exact) mass is 289 g/mol. The Morgan fingerprint density at radius 2 is 2.24 bits per heavy atom. The summed E-state index contributed by atoms with van der Waals surface area (Å²) in [7, 11) is 0. The molecule has 0 spiro atoms. The summed E-state index contributed by atoms with van der Waals surface area (Å²) in [5.41, 5.74) is 0.547. The van der Waals surface area contributed by atoms with Gasteiger partial charge in [-0.3, -0.25) is 9.78 Å². The lowest BCUT2D eigenvalue weighted by Gasteiger charge is -2.31. The standard InChI is InChI=1S/C15H19N3O3/c1-2-10-21-15(20)18-8-5-13(6-9-18)17-14(19)12-4-3-7-16-11-12/h2-4,7,11,13H,1,5-6,8-10H2,(H,17,19). The summed E-state index contributed by atoms with van der Waals surface area (Å²) in [6.45, 7) is 4.88. The van der Waals surface area contributed by atoms with E-state index in [-0.39, 0.29) is 24.6 Å². The van der Waals surface area contributed by atoms with Crippen molar-refractivity contribution in [1.82, 2.24) is 15.2 Å². The van der Waals surface area contributed by atoms with E-state index in [1.54, 1.807) is 29.3 Å². The fourth-order valence-electron chi connectivity index (χ4n) is 2.19. The van der Waals surface area contributed by atoms with Crippen molar-refractivity contribution in [3.63, 3.8) is 0 Å². The number of hydrogen-bond donors (Lipinski definition) is 1. The van der Waals surface area contributed by atoms with Crippen LogP contribution in [-0.2, 0) is 4.74 Å². The molecule has 0 atom stereocenters. The topological polar surface area (TPSA) is 71.5 Å². The highest BCUT2D eigenvalue weighted by Gasteiger charge is 2.24. The molecular formula is C15H19N3O3. The lowest BCUT2D eigenvalue weighted by atomic mass is 10.0. The first-order valence-corrected chi connectivity index (χ1v) is 6.94. The Bertz CT molecular complexity index is 496. The van der Waals surface area contributed by atoms with Gasteiger partial charge < -0.3 is 15.0 Å². The second-order valence-corrected chi connectivity index (χ2v) is 4.84. The van der Waals surface area contributed by atoms with E-state index in [2.05, 4.69) is 16.9 Å². The zero-order valence-corrected chi connectivity index (χ0v) is 11.8. The quantitative estimate of drug-likeness (QED) is 0.855. The zero-order valence-electron chi connectivity index (χ0n) is 11.8. The number of likely N-dealkylation sites (tertiary alicyclic amines) is 1. The molecule has 112 valence electrons. The molecule has 1 aliphatic rings. The molecule has 2 amide bonds. The van der Waals surface area contributed by atoms with Crippen LogP contribution in [0.5, 0.6) is 0 Å². The Balaban J connectivity index is 1.78. The van der Waals surface area contributed by atoms with Crippen LogP contribution in [0.4, 0.5) is 4.79 Å². The van der Waals surface area contributed by atoms with Gasteiger partial charge in [-0.1, -0.05) is 12.7 Å². The van der Waals surface area contributed by atoms with E-state index in [0.29, 0.717) is 18.7 Å². The van der Waals surface area contributed by atoms with E-state index in [9.17, 15) is 9.59 Å². The second kappa shape index (κ2) is 7.42. The number of nitrogens with one attached hydrogen (secondary N) is 1. The van der Waals surface area contributed by atoms with Crippen LogP contribution < -0.4 is 5.32 Å². The van der Waals surface area contributed by atoms with E-state index < -0.39 is 0 Å². The van der Waals surface area contributed by atoms with Crippen LogP contribution >= 0.6 is 0 Å². The summed E-state index contributed by atoms with van der Waals surface area (Å²) in [5, 5.41) is 2.96. The first kappa shape index (κ1) is 15.0. The lowest BCUT2D eigenvalue weighted by Crippen LogP contribution is -2.46. The highest BCUT2D eigenvalue weighted by atomic mass is 16.6.